The van der Waals surface area contributed by atoms with E-state index in [4.69, 9.17) is 27.8 Å². The van der Waals surface area contributed by atoms with Crippen molar-refractivity contribution >= 4 is 21.9 Å². The number of ether oxygens (including phenoxy) is 4. The zero-order valence-corrected chi connectivity index (χ0v) is 19.9. The Bertz CT molecular complexity index is 1610. The Kier molecular flexibility index (Phi) is 5.81. The monoisotopic (exact) mass is 487 g/mol. The molecule has 0 atom stereocenters. The molecule has 182 valence electrons. The lowest BCUT2D eigenvalue weighted by Crippen LogP contribution is -2.06. The summed E-state index contributed by atoms with van der Waals surface area (Å²) < 4.78 is 32.5. The molecule has 0 aliphatic rings. The summed E-state index contributed by atoms with van der Waals surface area (Å²) in [6.07, 6.45) is 3.04. The van der Waals surface area contributed by atoms with Crippen LogP contribution in [0.4, 0.5) is 0 Å². The second-order valence-electron chi connectivity index (χ2n) is 7.84. The summed E-state index contributed by atoms with van der Waals surface area (Å²) in [5, 5.41) is 1.17. The first-order valence-corrected chi connectivity index (χ1v) is 10.8. The van der Waals surface area contributed by atoms with Crippen molar-refractivity contribution in [1.82, 2.24) is 4.98 Å². The summed E-state index contributed by atoms with van der Waals surface area (Å²) in [6.45, 7) is 0. The largest absolute Gasteiger partial charge is 0.496 e. The topological polar surface area (TPSA) is 110 Å². The van der Waals surface area contributed by atoms with E-state index < -0.39 is 11.3 Å². The standard InChI is InChI=1S/C27H21NO8/c1-31-16-6-22(33-3)20-10-18(26(29)35-24(20)8-16)14-5-15(13-28-12-14)19-11-21-23(34-4)7-17(32-2)9-25(21)36-27(19)30/h5-13H,1-4H3. The van der Waals surface area contributed by atoms with E-state index in [1.54, 1.807) is 42.5 Å². The van der Waals surface area contributed by atoms with Gasteiger partial charge in [0.1, 0.15) is 34.2 Å². The fourth-order valence-electron chi connectivity index (χ4n) is 4.03. The van der Waals surface area contributed by atoms with Crippen molar-refractivity contribution in [1.29, 1.82) is 0 Å². The Morgan fingerprint density at radius 2 is 1.03 bits per heavy atom. The van der Waals surface area contributed by atoms with Gasteiger partial charge < -0.3 is 27.8 Å². The zero-order valence-electron chi connectivity index (χ0n) is 19.9. The Morgan fingerprint density at radius 1 is 0.583 bits per heavy atom. The predicted octanol–water partition coefficient (Wildman–Crippen LogP) is 4.66. The highest BCUT2D eigenvalue weighted by molar-refractivity contribution is 5.90. The van der Waals surface area contributed by atoms with E-state index in [0.717, 1.165) is 0 Å². The molecule has 0 saturated heterocycles. The molecule has 0 aliphatic heterocycles. The van der Waals surface area contributed by atoms with Crippen LogP contribution in [0.1, 0.15) is 0 Å². The van der Waals surface area contributed by atoms with Gasteiger partial charge in [-0.05, 0) is 18.2 Å². The van der Waals surface area contributed by atoms with Crippen LogP contribution in [0.2, 0.25) is 0 Å². The van der Waals surface area contributed by atoms with Crippen LogP contribution in [0.5, 0.6) is 23.0 Å². The number of rotatable bonds is 6. The van der Waals surface area contributed by atoms with Gasteiger partial charge in [-0.1, -0.05) is 0 Å². The number of hydrogen-bond acceptors (Lipinski definition) is 9. The highest BCUT2D eigenvalue weighted by atomic mass is 16.5. The zero-order chi connectivity index (χ0) is 25.4. The van der Waals surface area contributed by atoms with Gasteiger partial charge in [0.25, 0.3) is 0 Å². The van der Waals surface area contributed by atoms with Gasteiger partial charge in [-0.2, -0.15) is 0 Å². The van der Waals surface area contributed by atoms with Gasteiger partial charge in [0, 0.05) is 47.8 Å². The Balaban J connectivity index is 1.67. The molecule has 3 heterocycles. The SMILES string of the molecule is COc1cc(OC)c2cc(-c3cncc(-c4cc5c(OC)cc(OC)cc5oc4=O)c3)c(=O)oc2c1. The van der Waals surface area contributed by atoms with E-state index in [9.17, 15) is 9.59 Å². The van der Waals surface area contributed by atoms with Crippen molar-refractivity contribution in [2.24, 2.45) is 0 Å². The molecule has 0 radical (unpaired) electrons. The number of pyridine rings is 1. The van der Waals surface area contributed by atoms with Gasteiger partial charge in [0.05, 0.1) is 50.3 Å². The first-order chi connectivity index (χ1) is 17.4. The summed E-state index contributed by atoms with van der Waals surface area (Å²) in [4.78, 5) is 30.0. The van der Waals surface area contributed by atoms with Gasteiger partial charge in [-0.25, -0.2) is 9.59 Å². The third-order valence-corrected chi connectivity index (χ3v) is 5.85. The Hall–Kier alpha value is -4.79. The van der Waals surface area contributed by atoms with Crippen molar-refractivity contribution in [3.63, 3.8) is 0 Å². The Labute approximate surface area is 204 Å². The minimum Gasteiger partial charge on any atom is -0.496 e. The van der Waals surface area contributed by atoms with Crippen molar-refractivity contribution in [3.8, 4) is 45.3 Å². The summed E-state index contributed by atoms with van der Waals surface area (Å²) in [6, 6.07) is 11.6. The highest BCUT2D eigenvalue weighted by Gasteiger charge is 2.17. The lowest BCUT2D eigenvalue weighted by molar-refractivity contribution is 0.395. The van der Waals surface area contributed by atoms with Gasteiger partial charge in [-0.3, -0.25) is 4.98 Å². The van der Waals surface area contributed by atoms with Crippen molar-refractivity contribution < 1.29 is 27.8 Å². The molecule has 0 fully saturated rings. The number of benzene rings is 2. The van der Waals surface area contributed by atoms with Crippen molar-refractivity contribution in [2.45, 2.75) is 0 Å². The number of methoxy groups -OCH3 is 4. The van der Waals surface area contributed by atoms with E-state index in [1.807, 2.05) is 0 Å². The second kappa shape index (κ2) is 9.10. The van der Waals surface area contributed by atoms with Crippen molar-refractivity contribution in [3.05, 3.63) is 75.7 Å². The average molecular weight is 487 g/mol. The summed E-state index contributed by atoms with van der Waals surface area (Å²) in [7, 11) is 6.06. The molecule has 0 spiro atoms. The third kappa shape index (κ3) is 3.90. The highest BCUT2D eigenvalue weighted by Crippen LogP contribution is 2.35. The van der Waals surface area contributed by atoms with Crippen LogP contribution in [0, 0.1) is 0 Å². The van der Waals surface area contributed by atoms with Crippen LogP contribution < -0.4 is 30.2 Å². The fraction of sp³-hybridized carbons (Fsp3) is 0.148. The molecule has 0 amide bonds. The molecular weight excluding hydrogens is 466 g/mol. The van der Waals surface area contributed by atoms with E-state index in [1.165, 1.54) is 40.8 Å². The van der Waals surface area contributed by atoms with E-state index in [0.29, 0.717) is 56.1 Å². The third-order valence-electron chi connectivity index (χ3n) is 5.85. The maximum absolute atomic E-state index is 12.9. The summed E-state index contributed by atoms with van der Waals surface area (Å²) in [5.74, 6) is 1.96. The van der Waals surface area contributed by atoms with Crippen LogP contribution in [0.3, 0.4) is 0 Å². The molecule has 0 unspecified atom stereocenters. The molecule has 5 rings (SSSR count). The number of nitrogens with zero attached hydrogens (tertiary/aromatic N) is 1. The van der Waals surface area contributed by atoms with Gasteiger partial charge in [0.2, 0.25) is 0 Å². The lowest BCUT2D eigenvalue weighted by atomic mass is 10.0. The smallest absolute Gasteiger partial charge is 0.344 e. The first kappa shape index (κ1) is 23.0. The van der Waals surface area contributed by atoms with Crippen LogP contribution in [0.15, 0.2) is 73.3 Å². The second-order valence-corrected chi connectivity index (χ2v) is 7.84. The molecule has 0 saturated carbocycles. The number of hydrogen-bond donors (Lipinski definition) is 0. The molecule has 0 bridgehead atoms. The Morgan fingerprint density at radius 3 is 1.42 bits per heavy atom. The van der Waals surface area contributed by atoms with Crippen LogP contribution in [0.25, 0.3) is 44.2 Å². The molecule has 5 aromatic rings. The van der Waals surface area contributed by atoms with Crippen LogP contribution >= 0.6 is 0 Å². The molecule has 9 heteroatoms. The maximum Gasteiger partial charge on any atom is 0.344 e. The predicted molar refractivity (Wildman–Crippen MR) is 133 cm³/mol. The first-order valence-electron chi connectivity index (χ1n) is 10.8. The van der Waals surface area contributed by atoms with Crippen molar-refractivity contribution in [2.75, 3.05) is 28.4 Å². The molecule has 2 aromatic carbocycles. The minimum absolute atomic E-state index is 0.257. The molecule has 0 N–H and O–H groups in total. The lowest BCUT2D eigenvalue weighted by Gasteiger charge is -2.10. The average Bonchev–Trinajstić information content (AvgIpc) is 2.90. The number of aromatic nitrogens is 1. The summed E-state index contributed by atoms with van der Waals surface area (Å²) in [5.41, 5.74) is 0.931. The van der Waals surface area contributed by atoms with E-state index in [2.05, 4.69) is 4.98 Å². The quantitative estimate of drug-likeness (QED) is 0.316. The van der Waals surface area contributed by atoms with Gasteiger partial charge in [0.15, 0.2) is 0 Å². The summed E-state index contributed by atoms with van der Waals surface area (Å²) >= 11 is 0. The van der Waals surface area contributed by atoms with E-state index in [-0.39, 0.29) is 11.1 Å². The molecule has 36 heavy (non-hydrogen) atoms. The number of fused-ring (bicyclic) bond motifs is 2. The maximum atomic E-state index is 12.9. The van der Waals surface area contributed by atoms with Gasteiger partial charge >= 0.3 is 11.3 Å². The van der Waals surface area contributed by atoms with E-state index >= 15 is 0 Å². The van der Waals surface area contributed by atoms with Crippen LogP contribution in [-0.2, 0) is 0 Å². The molecule has 0 aliphatic carbocycles. The fourth-order valence-corrected chi connectivity index (χ4v) is 4.03. The molecular formula is C27H21NO8. The normalized spacial score (nSPS) is 11.0. The minimum atomic E-state index is -0.573. The molecule has 3 aromatic heterocycles. The molecule has 9 nitrogen and oxygen atoms in total. The van der Waals surface area contributed by atoms with Gasteiger partial charge in [-0.15, -0.1) is 0 Å². The van der Waals surface area contributed by atoms with Crippen LogP contribution in [-0.4, -0.2) is 33.4 Å².